The molecule has 2 aliphatic rings. The van der Waals surface area contributed by atoms with Crippen LogP contribution in [-0.2, 0) is 9.53 Å². The van der Waals surface area contributed by atoms with Gasteiger partial charge in [0.25, 0.3) is 5.91 Å². The highest BCUT2D eigenvalue weighted by molar-refractivity contribution is 6.76. The summed E-state index contributed by atoms with van der Waals surface area (Å²) in [6.45, 7) is 8.36. The Hall–Kier alpha value is -3.28. The van der Waals surface area contributed by atoms with Gasteiger partial charge in [-0.2, -0.15) is 5.10 Å². The minimum absolute atomic E-state index is 0.0744. The Balaban J connectivity index is 1.33. The first-order valence-electron chi connectivity index (χ1n) is 15.1. The number of aliphatic hydroxyl groups excluding tert-OH is 1. The second-order valence-corrected chi connectivity index (χ2v) is 18.4. The number of carbonyl (C=O) groups excluding carboxylic acids is 2. The van der Waals surface area contributed by atoms with Crippen LogP contribution in [-0.4, -0.2) is 77.3 Å². The maximum Gasteiger partial charge on any atom is 0.274 e. The zero-order valence-corrected chi connectivity index (χ0v) is 25.9. The van der Waals surface area contributed by atoms with E-state index in [2.05, 4.69) is 29.9 Å². The van der Waals surface area contributed by atoms with Crippen LogP contribution in [0.3, 0.4) is 0 Å². The van der Waals surface area contributed by atoms with Crippen LogP contribution in [0, 0.1) is 5.92 Å². The fourth-order valence-electron chi connectivity index (χ4n) is 5.62. The van der Waals surface area contributed by atoms with E-state index in [0.717, 1.165) is 42.6 Å². The molecule has 0 spiro atoms. The van der Waals surface area contributed by atoms with Gasteiger partial charge in [0.15, 0.2) is 0 Å². The Morgan fingerprint density at radius 3 is 2.67 bits per heavy atom. The predicted octanol–water partition coefficient (Wildman–Crippen LogP) is 5.09. The van der Waals surface area contributed by atoms with Crippen molar-refractivity contribution in [2.45, 2.75) is 76.3 Å². The average Bonchev–Trinajstić information content (AvgIpc) is 3.56. The first-order valence-corrected chi connectivity index (χ1v) is 18.8. The fourth-order valence-corrected chi connectivity index (χ4v) is 6.38. The summed E-state index contributed by atoms with van der Waals surface area (Å²) >= 11 is 0. The highest BCUT2D eigenvalue weighted by atomic mass is 28.3. The van der Waals surface area contributed by atoms with Crippen LogP contribution < -0.4 is 10.1 Å². The number of fused-ring (bicyclic) bond motifs is 1. The zero-order valence-electron chi connectivity index (χ0n) is 24.9. The molecule has 5 rings (SSSR count). The molecule has 1 atom stereocenters. The topological polar surface area (TPSA) is 119 Å². The van der Waals surface area contributed by atoms with Gasteiger partial charge in [0.1, 0.15) is 24.8 Å². The molecule has 2 N–H and O–H groups in total. The van der Waals surface area contributed by atoms with E-state index in [9.17, 15) is 14.7 Å². The Morgan fingerprint density at radius 2 is 1.95 bits per heavy atom. The van der Waals surface area contributed by atoms with Crippen LogP contribution in [0.1, 0.15) is 55.1 Å². The molecule has 226 valence electrons. The quantitative estimate of drug-likeness (QED) is 0.222. The van der Waals surface area contributed by atoms with E-state index >= 15 is 0 Å². The van der Waals surface area contributed by atoms with Crippen molar-refractivity contribution in [3.05, 3.63) is 48.4 Å². The lowest BCUT2D eigenvalue weighted by atomic mass is 9.87. The number of benzene rings is 1. The SMILES string of the molecule is C[Si](C)(C)CCOCN1C(=O)CC[C@H]1COc1cc2nn([C@H]3CC[C@H](CO)CC3)cc2cc1NC(=O)c1ccccn1. The summed E-state index contributed by atoms with van der Waals surface area (Å²) in [7, 11) is -1.22. The van der Waals surface area contributed by atoms with Crippen molar-refractivity contribution in [2.24, 2.45) is 5.92 Å². The van der Waals surface area contributed by atoms with Gasteiger partial charge in [-0.1, -0.05) is 25.7 Å². The predicted molar refractivity (Wildman–Crippen MR) is 164 cm³/mol. The molecule has 10 nitrogen and oxygen atoms in total. The molecule has 1 aromatic carbocycles. The molecule has 3 aromatic rings. The number of ether oxygens (including phenoxy) is 2. The largest absolute Gasteiger partial charge is 0.489 e. The molecule has 1 saturated carbocycles. The van der Waals surface area contributed by atoms with Crippen molar-refractivity contribution in [2.75, 3.05) is 31.9 Å². The summed E-state index contributed by atoms with van der Waals surface area (Å²) in [6, 6.07) is 10.2. The van der Waals surface area contributed by atoms with Crippen molar-refractivity contribution in [3.63, 3.8) is 0 Å². The molecule has 0 bridgehead atoms. The molecule has 2 amide bonds. The first kappa shape index (κ1) is 30.2. The molecule has 3 heterocycles. The molecule has 0 unspecified atom stereocenters. The molecule has 11 heteroatoms. The van der Waals surface area contributed by atoms with Crippen LogP contribution in [0.2, 0.25) is 25.7 Å². The van der Waals surface area contributed by atoms with E-state index in [1.807, 2.05) is 23.0 Å². The van der Waals surface area contributed by atoms with E-state index in [1.54, 1.807) is 29.3 Å². The molecule has 0 radical (unpaired) electrons. The van der Waals surface area contributed by atoms with Gasteiger partial charge in [-0.25, -0.2) is 0 Å². The number of rotatable bonds is 12. The van der Waals surface area contributed by atoms with Gasteiger partial charge in [-0.15, -0.1) is 0 Å². The molecule has 42 heavy (non-hydrogen) atoms. The Morgan fingerprint density at radius 1 is 1.14 bits per heavy atom. The summed E-state index contributed by atoms with van der Waals surface area (Å²) in [5.74, 6) is 0.612. The molecule has 1 aliphatic heterocycles. The Bertz CT molecular complexity index is 1370. The number of hydrogen-bond donors (Lipinski definition) is 2. The molecular formula is C31H43N5O5Si. The molecule has 1 aliphatic carbocycles. The molecular weight excluding hydrogens is 550 g/mol. The number of pyridine rings is 1. The lowest BCUT2D eigenvalue weighted by Crippen LogP contribution is -2.39. The monoisotopic (exact) mass is 593 g/mol. The van der Waals surface area contributed by atoms with Crippen molar-refractivity contribution in [1.29, 1.82) is 0 Å². The maximum absolute atomic E-state index is 13.0. The summed E-state index contributed by atoms with van der Waals surface area (Å²) in [5.41, 5.74) is 1.62. The van der Waals surface area contributed by atoms with Crippen LogP contribution in [0.5, 0.6) is 5.75 Å². The summed E-state index contributed by atoms with van der Waals surface area (Å²) < 4.78 is 14.2. The zero-order chi connectivity index (χ0) is 29.7. The lowest BCUT2D eigenvalue weighted by Gasteiger charge is -2.27. The van der Waals surface area contributed by atoms with Crippen molar-refractivity contribution in [3.8, 4) is 5.75 Å². The lowest BCUT2D eigenvalue weighted by molar-refractivity contribution is -0.134. The first-order chi connectivity index (χ1) is 20.2. The number of carbonyl (C=O) groups is 2. The van der Waals surface area contributed by atoms with Crippen LogP contribution in [0.25, 0.3) is 10.9 Å². The van der Waals surface area contributed by atoms with Crippen LogP contribution >= 0.6 is 0 Å². The van der Waals surface area contributed by atoms with Crippen molar-refractivity contribution >= 4 is 36.5 Å². The van der Waals surface area contributed by atoms with E-state index in [-0.39, 0.29) is 43.8 Å². The summed E-state index contributed by atoms with van der Waals surface area (Å²) in [6.07, 6.45) is 8.67. The number of anilines is 1. The minimum Gasteiger partial charge on any atom is -0.489 e. The third kappa shape index (κ3) is 7.56. The summed E-state index contributed by atoms with van der Waals surface area (Å²) in [5, 5.41) is 18.3. The van der Waals surface area contributed by atoms with Crippen LogP contribution in [0.4, 0.5) is 5.69 Å². The fraction of sp³-hybridized carbons (Fsp3) is 0.548. The third-order valence-corrected chi connectivity index (χ3v) is 10.0. The van der Waals surface area contributed by atoms with Gasteiger partial charge in [0.05, 0.1) is 23.3 Å². The Labute approximate surface area is 248 Å². The van der Waals surface area contributed by atoms with Crippen LogP contribution in [0.15, 0.2) is 42.7 Å². The minimum atomic E-state index is -1.22. The number of nitrogens with one attached hydrogen (secondary N) is 1. The standard InChI is InChI=1S/C31H43N5O5Si/c1-42(2,3)15-14-40-21-35-25(11-12-30(35)38)20-41-29-17-27-23(16-28(29)33-31(39)26-6-4-5-13-32-26)18-36(34-27)24-9-7-22(19-37)8-10-24/h4-6,13,16-18,22,24-25,37H,7-12,14-15,19-21H2,1-3H3,(H,33,39)/t22-,24-,25-/m0/s1. The normalized spacial score (nSPS) is 21.2. The highest BCUT2D eigenvalue weighted by Gasteiger charge is 2.32. The number of nitrogens with zero attached hydrogens (tertiary/aromatic N) is 4. The second kappa shape index (κ2) is 13.3. The van der Waals surface area contributed by atoms with Gasteiger partial charge >= 0.3 is 0 Å². The number of likely N-dealkylation sites (tertiary alicyclic amines) is 1. The van der Waals surface area contributed by atoms with Gasteiger partial charge < -0.3 is 24.8 Å². The van der Waals surface area contributed by atoms with Gasteiger partial charge in [0.2, 0.25) is 5.91 Å². The third-order valence-electron chi connectivity index (χ3n) is 8.33. The number of hydrogen-bond acceptors (Lipinski definition) is 7. The van der Waals surface area contributed by atoms with Gasteiger partial charge in [-0.3, -0.25) is 19.3 Å². The second-order valence-electron chi connectivity index (χ2n) is 12.8. The van der Waals surface area contributed by atoms with Crippen molar-refractivity contribution < 1.29 is 24.2 Å². The average molecular weight is 594 g/mol. The molecule has 2 aromatic heterocycles. The molecule has 2 fully saturated rings. The number of aromatic nitrogens is 3. The van der Waals surface area contributed by atoms with E-state index in [0.29, 0.717) is 42.5 Å². The Kier molecular flexibility index (Phi) is 9.59. The number of amides is 2. The van der Waals surface area contributed by atoms with Crippen molar-refractivity contribution in [1.82, 2.24) is 19.7 Å². The van der Waals surface area contributed by atoms with E-state index in [1.165, 1.54) is 0 Å². The maximum atomic E-state index is 13.0. The molecule has 1 saturated heterocycles. The summed E-state index contributed by atoms with van der Waals surface area (Å²) in [4.78, 5) is 31.6. The highest BCUT2D eigenvalue weighted by Crippen LogP contribution is 2.35. The van der Waals surface area contributed by atoms with E-state index < -0.39 is 8.07 Å². The number of aliphatic hydroxyl groups is 1. The smallest absolute Gasteiger partial charge is 0.274 e. The van der Waals surface area contributed by atoms with Gasteiger partial charge in [-0.05, 0) is 62.3 Å². The van der Waals surface area contributed by atoms with Gasteiger partial charge in [0, 0.05) is 51.6 Å². The van der Waals surface area contributed by atoms with E-state index in [4.69, 9.17) is 14.6 Å².